The summed E-state index contributed by atoms with van der Waals surface area (Å²) in [5.41, 5.74) is 10.4. The summed E-state index contributed by atoms with van der Waals surface area (Å²) in [5.74, 6) is 0.730. The molecule has 2 aromatic rings. The first-order valence-electron chi connectivity index (χ1n) is 6.70. The summed E-state index contributed by atoms with van der Waals surface area (Å²) in [5, 5.41) is 4.54. The van der Waals surface area contributed by atoms with Crippen molar-refractivity contribution in [3.05, 3.63) is 36.0 Å². The first-order chi connectivity index (χ1) is 9.27. The van der Waals surface area contributed by atoms with Crippen LogP contribution in [0.4, 0.5) is 5.82 Å². The Morgan fingerprint density at radius 3 is 2.84 bits per heavy atom. The zero-order valence-corrected chi connectivity index (χ0v) is 11.1. The van der Waals surface area contributed by atoms with E-state index >= 15 is 0 Å². The van der Waals surface area contributed by atoms with Gasteiger partial charge in [0, 0.05) is 18.8 Å². The predicted octanol–water partition coefficient (Wildman–Crippen LogP) is 3.02. The molecule has 0 aromatic carbocycles. The van der Waals surface area contributed by atoms with E-state index in [1.807, 2.05) is 25.2 Å². The quantitative estimate of drug-likeness (QED) is 0.896. The Balaban J connectivity index is 2.15. The van der Waals surface area contributed by atoms with Crippen molar-refractivity contribution in [3.8, 4) is 11.4 Å². The largest absolute Gasteiger partial charge is 0.383 e. The van der Waals surface area contributed by atoms with Gasteiger partial charge in [-0.25, -0.2) is 0 Å². The topological polar surface area (TPSA) is 56.7 Å². The first kappa shape index (κ1) is 12.0. The predicted molar refractivity (Wildman–Crippen MR) is 77.3 cm³/mol. The lowest BCUT2D eigenvalue weighted by molar-refractivity contribution is 0.742. The van der Waals surface area contributed by atoms with Crippen molar-refractivity contribution in [2.45, 2.75) is 25.7 Å². The number of nitrogen functional groups attached to an aromatic ring is 1. The number of pyridine rings is 1. The summed E-state index contributed by atoms with van der Waals surface area (Å²) in [6.45, 7) is 0. The van der Waals surface area contributed by atoms with Crippen molar-refractivity contribution in [2.75, 3.05) is 5.73 Å². The van der Waals surface area contributed by atoms with Crippen LogP contribution in [0.5, 0.6) is 0 Å². The number of aryl methyl sites for hydroxylation is 1. The minimum atomic E-state index is 0.730. The fourth-order valence-corrected chi connectivity index (χ4v) is 2.60. The Bertz CT molecular complexity index is 611. The second-order valence-electron chi connectivity index (χ2n) is 4.92. The van der Waals surface area contributed by atoms with Crippen LogP contribution >= 0.6 is 0 Å². The van der Waals surface area contributed by atoms with Crippen molar-refractivity contribution < 1.29 is 0 Å². The van der Waals surface area contributed by atoms with E-state index in [1.165, 1.54) is 18.4 Å². The molecule has 3 rings (SSSR count). The maximum Gasteiger partial charge on any atom is 0.129 e. The normalized spacial score (nSPS) is 15.3. The van der Waals surface area contributed by atoms with Crippen LogP contribution in [0, 0.1) is 0 Å². The van der Waals surface area contributed by atoms with Crippen LogP contribution in [0.1, 0.15) is 31.2 Å². The van der Waals surface area contributed by atoms with Crippen LogP contribution in [0.25, 0.3) is 17.0 Å². The summed E-state index contributed by atoms with van der Waals surface area (Å²) in [6, 6.07) is 5.87. The number of rotatable bonds is 2. The number of nitrogens with zero attached hydrogens (tertiary/aromatic N) is 3. The second kappa shape index (κ2) is 4.88. The van der Waals surface area contributed by atoms with Crippen molar-refractivity contribution in [2.24, 2.45) is 7.05 Å². The van der Waals surface area contributed by atoms with Crippen molar-refractivity contribution >= 4 is 11.4 Å². The van der Waals surface area contributed by atoms with Gasteiger partial charge in [-0.15, -0.1) is 0 Å². The highest BCUT2D eigenvalue weighted by molar-refractivity contribution is 5.84. The summed E-state index contributed by atoms with van der Waals surface area (Å²) >= 11 is 0. The summed E-state index contributed by atoms with van der Waals surface area (Å²) in [4.78, 5) is 4.40. The van der Waals surface area contributed by atoms with Gasteiger partial charge in [0.05, 0.1) is 5.69 Å². The Kier molecular flexibility index (Phi) is 3.07. The van der Waals surface area contributed by atoms with Gasteiger partial charge in [0.2, 0.25) is 0 Å². The van der Waals surface area contributed by atoms with E-state index in [2.05, 4.69) is 16.2 Å². The summed E-state index contributed by atoms with van der Waals surface area (Å²) in [7, 11) is 1.88. The molecule has 19 heavy (non-hydrogen) atoms. The molecule has 2 heterocycles. The zero-order valence-electron chi connectivity index (χ0n) is 11.1. The number of anilines is 1. The SMILES string of the molecule is Cn1nc(-c2ccccn2)c(C2=CCCCC2)c1N. The lowest BCUT2D eigenvalue weighted by atomic mass is 9.92. The summed E-state index contributed by atoms with van der Waals surface area (Å²) in [6.07, 6.45) is 8.79. The fraction of sp³-hybridized carbons (Fsp3) is 0.333. The molecule has 0 amide bonds. The van der Waals surface area contributed by atoms with E-state index in [1.54, 1.807) is 10.9 Å². The Labute approximate surface area is 113 Å². The smallest absolute Gasteiger partial charge is 0.129 e. The lowest BCUT2D eigenvalue weighted by Gasteiger charge is -2.13. The van der Waals surface area contributed by atoms with Crippen LogP contribution in [0.2, 0.25) is 0 Å². The highest BCUT2D eigenvalue weighted by Crippen LogP contribution is 2.36. The molecule has 4 nitrogen and oxygen atoms in total. The molecule has 0 saturated heterocycles. The molecule has 0 spiro atoms. The highest BCUT2D eigenvalue weighted by Gasteiger charge is 2.20. The molecular weight excluding hydrogens is 236 g/mol. The average Bonchev–Trinajstić information content (AvgIpc) is 2.77. The number of hydrogen-bond donors (Lipinski definition) is 1. The molecule has 2 aromatic heterocycles. The monoisotopic (exact) mass is 254 g/mol. The van der Waals surface area contributed by atoms with Gasteiger partial charge in [0.25, 0.3) is 0 Å². The zero-order chi connectivity index (χ0) is 13.2. The van der Waals surface area contributed by atoms with E-state index in [0.29, 0.717) is 0 Å². The second-order valence-corrected chi connectivity index (χ2v) is 4.92. The minimum Gasteiger partial charge on any atom is -0.383 e. The van der Waals surface area contributed by atoms with Gasteiger partial charge in [0.15, 0.2) is 0 Å². The maximum absolute atomic E-state index is 6.20. The molecule has 0 fully saturated rings. The van der Waals surface area contributed by atoms with Crippen molar-refractivity contribution in [3.63, 3.8) is 0 Å². The maximum atomic E-state index is 6.20. The third-order valence-electron chi connectivity index (χ3n) is 3.61. The van der Waals surface area contributed by atoms with Gasteiger partial charge in [-0.1, -0.05) is 12.1 Å². The Morgan fingerprint density at radius 2 is 2.16 bits per heavy atom. The number of hydrogen-bond acceptors (Lipinski definition) is 3. The number of allylic oxidation sites excluding steroid dienone is 2. The van der Waals surface area contributed by atoms with Gasteiger partial charge in [-0.05, 0) is 43.4 Å². The standard InChI is InChI=1S/C15H18N4/c1-19-15(16)13(11-7-3-2-4-8-11)14(18-19)12-9-5-6-10-17-12/h5-7,9-10H,2-4,8,16H2,1H3. The third kappa shape index (κ3) is 2.14. The molecule has 0 aliphatic heterocycles. The minimum absolute atomic E-state index is 0.730. The molecule has 1 aliphatic rings. The summed E-state index contributed by atoms with van der Waals surface area (Å²) < 4.78 is 1.74. The van der Waals surface area contributed by atoms with E-state index in [9.17, 15) is 0 Å². The molecule has 0 unspecified atom stereocenters. The molecule has 2 N–H and O–H groups in total. The van der Waals surface area contributed by atoms with Gasteiger partial charge in [-0.3, -0.25) is 9.67 Å². The van der Waals surface area contributed by atoms with Gasteiger partial charge in [0.1, 0.15) is 11.5 Å². The van der Waals surface area contributed by atoms with E-state index in [-0.39, 0.29) is 0 Å². The Hall–Kier alpha value is -2.10. The van der Waals surface area contributed by atoms with Crippen LogP contribution in [0.15, 0.2) is 30.5 Å². The lowest BCUT2D eigenvalue weighted by Crippen LogP contribution is -2.00. The van der Waals surface area contributed by atoms with E-state index in [0.717, 1.165) is 35.6 Å². The van der Waals surface area contributed by atoms with E-state index in [4.69, 9.17) is 5.73 Å². The fourth-order valence-electron chi connectivity index (χ4n) is 2.60. The Morgan fingerprint density at radius 1 is 1.26 bits per heavy atom. The average molecular weight is 254 g/mol. The van der Waals surface area contributed by atoms with Crippen molar-refractivity contribution in [1.29, 1.82) is 0 Å². The molecule has 0 bridgehead atoms. The molecule has 0 radical (unpaired) electrons. The van der Waals surface area contributed by atoms with Crippen molar-refractivity contribution in [1.82, 2.24) is 14.8 Å². The van der Waals surface area contributed by atoms with Crippen LogP contribution in [-0.4, -0.2) is 14.8 Å². The van der Waals surface area contributed by atoms with E-state index < -0.39 is 0 Å². The van der Waals surface area contributed by atoms with Crippen LogP contribution in [0.3, 0.4) is 0 Å². The highest BCUT2D eigenvalue weighted by atomic mass is 15.3. The van der Waals surface area contributed by atoms with Gasteiger partial charge in [-0.2, -0.15) is 5.10 Å². The molecule has 98 valence electrons. The molecule has 0 saturated carbocycles. The number of aromatic nitrogens is 3. The molecule has 4 heteroatoms. The molecular formula is C15H18N4. The van der Waals surface area contributed by atoms with Crippen LogP contribution in [-0.2, 0) is 7.05 Å². The third-order valence-corrected chi connectivity index (χ3v) is 3.61. The van der Waals surface area contributed by atoms with Gasteiger partial charge >= 0.3 is 0 Å². The van der Waals surface area contributed by atoms with Gasteiger partial charge < -0.3 is 5.73 Å². The molecule has 0 atom stereocenters. The first-order valence-corrected chi connectivity index (χ1v) is 6.70. The number of nitrogens with two attached hydrogens (primary N) is 1. The molecule has 1 aliphatic carbocycles. The van der Waals surface area contributed by atoms with Crippen LogP contribution < -0.4 is 5.73 Å².